The summed E-state index contributed by atoms with van der Waals surface area (Å²) < 4.78 is 27.2. The normalized spacial score (nSPS) is 31.0. The quantitative estimate of drug-likeness (QED) is 0.647. The molecule has 4 bridgehead atoms. The molecular formula is C27H37F2N3O2. The van der Waals surface area contributed by atoms with E-state index in [-0.39, 0.29) is 29.3 Å². The fourth-order valence-corrected chi connectivity index (χ4v) is 7.55. The van der Waals surface area contributed by atoms with Crippen molar-refractivity contribution in [1.82, 2.24) is 15.1 Å². The molecule has 0 spiro atoms. The first kappa shape index (κ1) is 23.7. The van der Waals surface area contributed by atoms with Crippen molar-refractivity contribution in [2.24, 2.45) is 23.2 Å². The Morgan fingerprint density at radius 2 is 1.65 bits per heavy atom. The maximum absolute atomic E-state index is 13.6. The molecule has 4 saturated carbocycles. The van der Waals surface area contributed by atoms with Gasteiger partial charge in [-0.2, -0.15) is 0 Å². The molecule has 4 aliphatic carbocycles. The number of carbonyl (C=O) groups is 2. The van der Waals surface area contributed by atoms with Gasteiger partial charge in [-0.1, -0.05) is 18.2 Å². The summed E-state index contributed by atoms with van der Waals surface area (Å²) >= 11 is 0. The van der Waals surface area contributed by atoms with Gasteiger partial charge in [-0.15, -0.1) is 0 Å². The summed E-state index contributed by atoms with van der Waals surface area (Å²) in [5, 5.41) is 2.91. The highest BCUT2D eigenvalue weighted by Crippen LogP contribution is 2.61. The molecule has 0 aromatic heterocycles. The van der Waals surface area contributed by atoms with Crippen LogP contribution in [0.3, 0.4) is 0 Å². The summed E-state index contributed by atoms with van der Waals surface area (Å²) in [6.07, 6.45) is 8.25. The van der Waals surface area contributed by atoms with Crippen LogP contribution in [-0.2, 0) is 22.1 Å². The molecule has 2 amide bonds. The third kappa shape index (κ3) is 5.29. The van der Waals surface area contributed by atoms with Crippen LogP contribution in [0.1, 0.15) is 63.0 Å². The van der Waals surface area contributed by atoms with Crippen molar-refractivity contribution in [3.05, 3.63) is 35.4 Å². The Labute approximate surface area is 201 Å². The van der Waals surface area contributed by atoms with Gasteiger partial charge >= 0.3 is 0 Å². The van der Waals surface area contributed by atoms with Crippen LogP contribution in [0.15, 0.2) is 24.3 Å². The van der Waals surface area contributed by atoms with Crippen molar-refractivity contribution in [3.8, 4) is 0 Å². The molecule has 1 aromatic carbocycles. The van der Waals surface area contributed by atoms with Gasteiger partial charge in [-0.25, -0.2) is 8.78 Å². The molecule has 5 fully saturated rings. The van der Waals surface area contributed by atoms with Gasteiger partial charge in [0.05, 0.1) is 6.54 Å². The number of nitrogens with one attached hydrogen (secondary N) is 1. The summed E-state index contributed by atoms with van der Waals surface area (Å²) in [5.74, 6) is -0.400. The lowest BCUT2D eigenvalue weighted by atomic mass is 9.49. The van der Waals surface area contributed by atoms with Crippen LogP contribution in [0.2, 0.25) is 0 Å². The predicted octanol–water partition coefficient (Wildman–Crippen LogP) is 4.17. The zero-order chi connectivity index (χ0) is 23.9. The maximum atomic E-state index is 13.6. The molecule has 5 nitrogen and oxygen atoms in total. The molecular weight excluding hydrogens is 436 g/mol. The fourth-order valence-electron chi connectivity index (χ4n) is 7.55. The molecule has 5 aliphatic rings. The van der Waals surface area contributed by atoms with Crippen molar-refractivity contribution in [2.75, 3.05) is 32.7 Å². The Kier molecular flexibility index (Phi) is 6.42. The summed E-state index contributed by atoms with van der Waals surface area (Å²) in [6.45, 7) is 4.14. The Morgan fingerprint density at radius 3 is 2.24 bits per heavy atom. The lowest BCUT2D eigenvalue weighted by molar-refractivity contribution is -0.136. The molecule has 0 unspecified atom stereocenters. The smallest absolute Gasteiger partial charge is 0.270 e. The average Bonchev–Trinajstić information content (AvgIpc) is 2.76. The molecule has 1 N–H and O–H groups in total. The second-order valence-electron chi connectivity index (χ2n) is 11.6. The van der Waals surface area contributed by atoms with Gasteiger partial charge in [0.1, 0.15) is 0 Å². The van der Waals surface area contributed by atoms with Gasteiger partial charge in [0.2, 0.25) is 11.8 Å². The van der Waals surface area contributed by atoms with E-state index in [4.69, 9.17) is 0 Å². The van der Waals surface area contributed by atoms with Crippen molar-refractivity contribution in [2.45, 2.75) is 64.3 Å². The topological polar surface area (TPSA) is 52.6 Å². The van der Waals surface area contributed by atoms with Gasteiger partial charge in [0, 0.05) is 51.6 Å². The summed E-state index contributed by atoms with van der Waals surface area (Å²) in [4.78, 5) is 29.4. The molecule has 1 saturated heterocycles. The largest absolute Gasteiger partial charge is 0.347 e. The molecule has 1 aromatic rings. The first-order valence-electron chi connectivity index (χ1n) is 12.9. The van der Waals surface area contributed by atoms with E-state index in [2.05, 4.69) is 10.2 Å². The van der Waals surface area contributed by atoms with E-state index in [1.807, 2.05) is 6.07 Å². The monoisotopic (exact) mass is 473 g/mol. The van der Waals surface area contributed by atoms with Gasteiger partial charge < -0.3 is 10.2 Å². The van der Waals surface area contributed by atoms with Crippen LogP contribution in [0, 0.1) is 23.2 Å². The van der Waals surface area contributed by atoms with E-state index in [0.717, 1.165) is 30.2 Å². The van der Waals surface area contributed by atoms with E-state index >= 15 is 0 Å². The van der Waals surface area contributed by atoms with Gasteiger partial charge in [0.25, 0.3) is 5.92 Å². The van der Waals surface area contributed by atoms with Crippen LogP contribution < -0.4 is 5.32 Å². The van der Waals surface area contributed by atoms with Gasteiger partial charge in [0.15, 0.2) is 0 Å². The molecule has 1 heterocycles. The molecule has 6 rings (SSSR count). The minimum Gasteiger partial charge on any atom is -0.347 e. The number of halogens is 2. The first-order valence-corrected chi connectivity index (χ1v) is 12.9. The number of piperazine rings is 1. The number of hydrogen-bond donors (Lipinski definition) is 1. The molecule has 1 aliphatic heterocycles. The minimum atomic E-state index is -2.85. The number of benzene rings is 1. The molecule has 34 heavy (non-hydrogen) atoms. The summed E-state index contributed by atoms with van der Waals surface area (Å²) in [6, 6.07) is 6.56. The molecule has 0 radical (unpaired) electrons. The maximum Gasteiger partial charge on any atom is 0.270 e. The zero-order valence-corrected chi connectivity index (χ0v) is 20.2. The van der Waals surface area contributed by atoms with E-state index in [9.17, 15) is 18.4 Å². The van der Waals surface area contributed by atoms with Crippen molar-refractivity contribution in [1.29, 1.82) is 0 Å². The number of hydrogen-bond acceptors (Lipinski definition) is 3. The predicted molar refractivity (Wildman–Crippen MR) is 126 cm³/mol. The zero-order valence-electron chi connectivity index (χ0n) is 20.2. The lowest BCUT2D eigenvalue weighted by Crippen LogP contribution is -2.51. The summed E-state index contributed by atoms with van der Waals surface area (Å²) in [5.41, 5.74) is 1.07. The lowest BCUT2D eigenvalue weighted by Gasteiger charge is -2.56. The highest BCUT2D eigenvalue weighted by Gasteiger charge is 2.51. The number of rotatable bonds is 7. The molecule has 0 atom stereocenters. The van der Waals surface area contributed by atoms with E-state index in [1.165, 1.54) is 44.6 Å². The van der Waals surface area contributed by atoms with Crippen LogP contribution in [0.4, 0.5) is 8.78 Å². The second kappa shape index (κ2) is 9.21. The number of nitrogens with zero attached hydrogens (tertiary/aromatic N) is 2. The van der Waals surface area contributed by atoms with E-state index in [0.29, 0.717) is 39.1 Å². The SMILES string of the molecule is CC(F)(F)c1cccc(CN2CCN(C(=O)CNC(=O)CC34CC5CC(CC(C5)C3)C4)CC2)c1. The third-order valence-electron chi connectivity index (χ3n) is 8.70. The molecule has 7 heteroatoms. The Bertz CT molecular complexity index is 885. The molecule has 186 valence electrons. The minimum absolute atomic E-state index is 0.0292. The Morgan fingerprint density at radius 1 is 1.03 bits per heavy atom. The van der Waals surface area contributed by atoms with E-state index in [1.54, 1.807) is 17.0 Å². The average molecular weight is 474 g/mol. The standard InChI is InChI=1S/C27H37F2N3O2/c1-26(28,29)23-4-2-3-19(12-23)18-31-5-7-32(8-6-31)25(34)17-30-24(33)16-27-13-20-9-21(14-27)11-22(10-20)15-27/h2-4,12,20-22H,5-11,13-18H2,1H3,(H,30,33). The van der Waals surface area contributed by atoms with Crippen LogP contribution >= 0.6 is 0 Å². The van der Waals surface area contributed by atoms with Gasteiger partial charge in [-0.05, 0) is 73.3 Å². The number of carbonyl (C=O) groups excluding carboxylic acids is 2. The fraction of sp³-hybridized carbons (Fsp3) is 0.704. The second-order valence-corrected chi connectivity index (χ2v) is 11.6. The van der Waals surface area contributed by atoms with Crippen LogP contribution in [0.25, 0.3) is 0 Å². The number of amides is 2. The van der Waals surface area contributed by atoms with Gasteiger partial charge in [-0.3, -0.25) is 14.5 Å². The highest BCUT2D eigenvalue weighted by atomic mass is 19.3. The van der Waals surface area contributed by atoms with Crippen molar-refractivity contribution in [3.63, 3.8) is 0 Å². The van der Waals surface area contributed by atoms with Crippen molar-refractivity contribution < 1.29 is 18.4 Å². The number of alkyl halides is 2. The van der Waals surface area contributed by atoms with Crippen LogP contribution in [0.5, 0.6) is 0 Å². The van der Waals surface area contributed by atoms with Crippen LogP contribution in [-0.4, -0.2) is 54.3 Å². The summed E-state index contributed by atoms with van der Waals surface area (Å²) in [7, 11) is 0. The Balaban J connectivity index is 1.05. The highest BCUT2D eigenvalue weighted by molar-refractivity contribution is 5.85. The third-order valence-corrected chi connectivity index (χ3v) is 8.70. The van der Waals surface area contributed by atoms with Crippen molar-refractivity contribution >= 4 is 11.8 Å². The Hall–Kier alpha value is -2.02. The van der Waals surface area contributed by atoms with E-state index < -0.39 is 5.92 Å². The first-order chi connectivity index (χ1) is 16.2.